The van der Waals surface area contributed by atoms with Crippen LogP contribution in [0.4, 0.5) is 17.1 Å². The summed E-state index contributed by atoms with van der Waals surface area (Å²) in [4.78, 5) is 2.53. The predicted molar refractivity (Wildman–Crippen MR) is 250 cm³/mol. The van der Waals surface area contributed by atoms with Gasteiger partial charge in [-0.15, -0.1) is 0 Å². The molecule has 0 N–H and O–H groups in total. The van der Waals surface area contributed by atoms with Crippen molar-refractivity contribution in [2.45, 2.75) is 76.5 Å². The highest BCUT2D eigenvalue weighted by Gasteiger charge is 2.42. The molecule has 0 radical (unpaired) electrons. The number of benzene rings is 8. The molecular formula is C58H51N. The summed E-state index contributed by atoms with van der Waals surface area (Å²) in [5.41, 5.74) is 20.9. The second-order valence-electron chi connectivity index (χ2n) is 18.3. The van der Waals surface area contributed by atoms with Crippen LogP contribution in [0.3, 0.4) is 0 Å². The van der Waals surface area contributed by atoms with Gasteiger partial charge in [-0.3, -0.25) is 0 Å². The second-order valence-corrected chi connectivity index (χ2v) is 18.3. The van der Waals surface area contributed by atoms with Gasteiger partial charge in [-0.2, -0.15) is 0 Å². The van der Waals surface area contributed by atoms with Crippen LogP contribution in [0.15, 0.2) is 170 Å². The summed E-state index contributed by atoms with van der Waals surface area (Å²) < 4.78 is 0. The Labute approximate surface area is 350 Å². The van der Waals surface area contributed by atoms with Crippen molar-refractivity contribution >= 4 is 27.8 Å². The third-order valence-electron chi connectivity index (χ3n) is 14.2. The van der Waals surface area contributed by atoms with E-state index in [9.17, 15) is 0 Å². The van der Waals surface area contributed by atoms with Gasteiger partial charge < -0.3 is 4.90 Å². The van der Waals surface area contributed by atoms with Gasteiger partial charge in [0, 0.05) is 27.8 Å². The van der Waals surface area contributed by atoms with Crippen LogP contribution < -0.4 is 4.90 Å². The summed E-state index contributed by atoms with van der Waals surface area (Å²) in [5.74, 6) is 0.658. The van der Waals surface area contributed by atoms with E-state index >= 15 is 0 Å². The fourth-order valence-electron chi connectivity index (χ4n) is 11.3. The van der Waals surface area contributed by atoms with Crippen molar-refractivity contribution in [2.75, 3.05) is 4.90 Å². The van der Waals surface area contributed by atoms with Crippen molar-refractivity contribution < 1.29 is 0 Å². The summed E-state index contributed by atoms with van der Waals surface area (Å²) in [6.07, 6.45) is 6.63. The quantitative estimate of drug-likeness (QED) is 0.163. The molecular weight excluding hydrogens is 711 g/mol. The van der Waals surface area contributed by atoms with Crippen LogP contribution in [0, 0.1) is 0 Å². The van der Waals surface area contributed by atoms with Crippen molar-refractivity contribution in [3.63, 3.8) is 0 Å². The Hall–Kier alpha value is -6.18. The van der Waals surface area contributed by atoms with Crippen molar-refractivity contribution in [3.05, 3.63) is 198 Å². The summed E-state index contributed by atoms with van der Waals surface area (Å²) >= 11 is 0. The smallest absolute Gasteiger partial charge is 0.0546 e. The zero-order valence-corrected chi connectivity index (χ0v) is 34.7. The Morgan fingerprint density at radius 3 is 1.61 bits per heavy atom. The third kappa shape index (κ3) is 5.65. The van der Waals surface area contributed by atoms with Crippen molar-refractivity contribution in [1.29, 1.82) is 0 Å². The first kappa shape index (κ1) is 35.9. The Kier molecular flexibility index (Phi) is 8.35. The molecule has 0 atom stereocenters. The van der Waals surface area contributed by atoms with Gasteiger partial charge in [0.05, 0.1) is 5.69 Å². The van der Waals surface area contributed by atoms with Gasteiger partial charge in [-0.1, -0.05) is 180 Å². The molecule has 3 aliphatic rings. The van der Waals surface area contributed by atoms with Gasteiger partial charge in [0.2, 0.25) is 0 Å². The largest absolute Gasteiger partial charge is 0.310 e. The molecule has 1 saturated carbocycles. The Bertz CT molecular complexity index is 2910. The van der Waals surface area contributed by atoms with Crippen LogP contribution in [-0.2, 0) is 10.8 Å². The number of hydrogen-bond donors (Lipinski definition) is 0. The highest BCUT2D eigenvalue weighted by atomic mass is 15.1. The minimum atomic E-state index is -0.238. The maximum absolute atomic E-state index is 2.53. The molecule has 0 aliphatic heterocycles. The zero-order valence-electron chi connectivity index (χ0n) is 34.7. The van der Waals surface area contributed by atoms with Gasteiger partial charge >= 0.3 is 0 Å². The number of fused-ring (bicyclic) bond motifs is 7. The minimum Gasteiger partial charge on any atom is -0.310 e. The molecule has 0 bridgehead atoms. The molecule has 288 valence electrons. The SMILES string of the molecule is CC1(C)c2ccccc2-c2cccc(-c3cccc4c3C(C)(C)c3cc(N(c5ccc(C6CCCCC6)cc5)c5cc6ccccc6cc5-c5ccccc5)ccc3-4)c21. The van der Waals surface area contributed by atoms with Crippen molar-refractivity contribution in [2.24, 2.45) is 0 Å². The van der Waals surface area contributed by atoms with Crippen molar-refractivity contribution in [3.8, 4) is 44.5 Å². The number of anilines is 3. The van der Waals surface area contributed by atoms with Gasteiger partial charge in [-0.05, 0) is 133 Å². The van der Waals surface area contributed by atoms with E-state index in [1.165, 1.54) is 132 Å². The second kappa shape index (κ2) is 13.7. The van der Waals surface area contributed by atoms with Gasteiger partial charge in [-0.25, -0.2) is 0 Å². The first-order valence-corrected chi connectivity index (χ1v) is 21.8. The Balaban J connectivity index is 1.09. The van der Waals surface area contributed by atoms with Crippen LogP contribution in [-0.4, -0.2) is 0 Å². The maximum atomic E-state index is 2.53. The maximum Gasteiger partial charge on any atom is 0.0546 e. The monoisotopic (exact) mass is 761 g/mol. The third-order valence-corrected chi connectivity index (χ3v) is 14.2. The van der Waals surface area contributed by atoms with E-state index in [1.54, 1.807) is 0 Å². The van der Waals surface area contributed by atoms with Gasteiger partial charge in [0.25, 0.3) is 0 Å². The van der Waals surface area contributed by atoms with Crippen LogP contribution in [0.1, 0.15) is 93.5 Å². The molecule has 1 fully saturated rings. The summed E-state index contributed by atoms with van der Waals surface area (Å²) in [6, 6.07) is 64.4. The average Bonchev–Trinajstić information content (AvgIpc) is 3.66. The van der Waals surface area contributed by atoms with E-state index in [4.69, 9.17) is 0 Å². The molecule has 11 rings (SSSR count). The van der Waals surface area contributed by atoms with Gasteiger partial charge in [0.15, 0.2) is 0 Å². The molecule has 0 aromatic heterocycles. The molecule has 0 heterocycles. The summed E-state index contributed by atoms with van der Waals surface area (Å²) in [6.45, 7) is 9.71. The fourth-order valence-corrected chi connectivity index (χ4v) is 11.3. The topological polar surface area (TPSA) is 3.24 Å². The van der Waals surface area contributed by atoms with Crippen LogP contribution in [0.2, 0.25) is 0 Å². The van der Waals surface area contributed by atoms with E-state index in [2.05, 4.69) is 202 Å². The van der Waals surface area contributed by atoms with Crippen LogP contribution >= 0.6 is 0 Å². The lowest BCUT2D eigenvalue weighted by Crippen LogP contribution is -2.19. The zero-order chi connectivity index (χ0) is 39.9. The molecule has 8 aromatic carbocycles. The lowest BCUT2D eigenvalue weighted by molar-refractivity contribution is 0.443. The molecule has 59 heavy (non-hydrogen) atoms. The average molecular weight is 762 g/mol. The molecule has 0 amide bonds. The standard InChI is InChI=1S/C58H51N/c1-57(2)52-28-14-13-23-45(52)47-24-15-26-49(55(47)57)50-27-16-25-48-46-34-33-44(37-53(46)58(3,4)56(48)50)59(43-31-29-39(30-32-43)38-17-7-5-8-18-38)54-36-42-22-12-11-21-41(42)35-51(54)40-19-9-6-10-20-40/h6,9-16,19-38H,5,7-8,17-18H2,1-4H3. The van der Waals surface area contributed by atoms with E-state index in [-0.39, 0.29) is 10.8 Å². The Morgan fingerprint density at radius 1 is 0.407 bits per heavy atom. The van der Waals surface area contributed by atoms with Gasteiger partial charge in [0.1, 0.15) is 0 Å². The van der Waals surface area contributed by atoms with E-state index < -0.39 is 0 Å². The number of rotatable bonds is 6. The van der Waals surface area contributed by atoms with E-state index in [1.807, 2.05) is 0 Å². The minimum absolute atomic E-state index is 0.0998. The molecule has 0 spiro atoms. The highest BCUT2D eigenvalue weighted by molar-refractivity contribution is 5.99. The molecule has 1 heteroatoms. The molecule has 3 aliphatic carbocycles. The number of hydrogen-bond acceptors (Lipinski definition) is 1. The van der Waals surface area contributed by atoms with Crippen LogP contribution in [0.5, 0.6) is 0 Å². The highest BCUT2D eigenvalue weighted by Crippen LogP contribution is 2.57. The first-order valence-electron chi connectivity index (χ1n) is 21.8. The molecule has 8 aromatic rings. The summed E-state index contributed by atoms with van der Waals surface area (Å²) in [7, 11) is 0. The lowest BCUT2D eigenvalue weighted by Gasteiger charge is -2.31. The fraction of sp³-hybridized carbons (Fsp3) is 0.207. The molecule has 0 unspecified atom stereocenters. The lowest BCUT2D eigenvalue weighted by atomic mass is 9.74. The first-order chi connectivity index (χ1) is 28.8. The predicted octanol–water partition coefficient (Wildman–Crippen LogP) is 16.3. The summed E-state index contributed by atoms with van der Waals surface area (Å²) in [5, 5.41) is 2.49. The molecule has 1 nitrogen and oxygen atoms in total. The normalized spacial score (nSPS) is 16.0. The van der Waals surface area contributed by atoms with Crippen molar-refractivity contribution in [1.82, 2.24) is 0 Å². The number of nitrogens with zero attached hydrogens (tertiary/aromatic N) is 1. The Morgan fingerprint density at radius 2 is 0.932 bits per heavy atom. The van der Waals surface area contributed by atoms with E-state index in [0.717, 1.165) is 0 Å². The van der Waals surface area contributed by atoms with E-state index in [0.29, 0.717) is 5.92 Å². The van der Waals surface area contributed by atoms with Crippen LogP contribution in [0.25, 0.3) is 55.3 Å². The molecule has 0 saturated heterocycles.